The minimum atomic E-state index is -4.30. The van der Waals surface area contributed by atoms with E-state index in [-0.39, 0.29) is 0 Å². The highest BCUT2D eigenvalue weighted by Crippen LogP contribution is 2.30. The van der Waals surface area contributed by atoms with Crippen LogP contribution in [0.2, 0.25) is 0 Å². The SMILES string of the molecule is Cc1cc(Cc2ccccn2)cc(C(F)(F)F)c1. The summed E-state index contributed by atoms with van der Waals surface area (Å²) in [5, 5.41) is 0. The summed E-state index contributed by atoms with van der Waals surface area (Å²) in [6, 6.07) is 9.49. The first kappa shape index (κ1) is 12.6. The summed E-state index contributed by atoms with van der Waals surface area (Å²) in [6.07, 6.45) is -2.26. The van der Waals surface area contributed by atoms with Gasteiger partial charge in [-0.3, -0.25) is 4.98 Å². The van der Waals surface area contributed by atoms with Crippen LogP contribution in [0.15, 0.2) is 42.6 Å². The summed E-state index contributed by atoms with van der Waals surface area (Å²) in [5.74, 6) is 0. The van der Waals surface area contributed by atoms with Crippen LogP contribution in [0.25, 0.3) is 0 Å². The van der Waals surface area contributed by atoms with Gasteiger partial charge >= 0.3 is 6.18 Å². The van der Waals surface area contributed by atoms with E-state index in [1.807, 2.05) is 6.07 Å². The largest absolute Gasteiger partial charge is 0.416 e. The van der Waals surface area contributed by atoms with Crippen molar-refractivity contribution in [2.75, 3.05) is 0 Å². The molecule has 0 aliphatic rings. The number of nitrogens with zero attached hydrogens (tertiary/aromatic N) is 1. The Hall–Kier alpha value is -1.84. The van der Waals surface area contributed by atoms with Crippen molar-refractivity contribution in [2.24, 2.45) is 0 Å². The number of halogens is 3. The average Bonchev–Trinajstić information content (AvgIpc) is 2.28. The molecule has 0 saturated carbocycles. The highest BCUT2D eigenvalue weighted by Gasteiger charge is 2.30. The number of alkyl halides is 3. The zero-order valence-electron chi connectivity index (χ0n) is 9.83. The Morgan fingerprint density at radius 1 is 1.11 bits per heavy atom. The number of aromatic nitrogens is 1. The molecule has 0 spiro atoms. The fourth-order valence-corrected chi connectivity index (χ4v) is 1.84. The van der Waals surface area contributed by atoms with Crippen LogP contribution < -0.4 is 0 Å². The van der Waals surface area contributed by atoms with Crippen molar-refractivity contribution in [3.8, 4) is 0 Å². The van der Waals surface area contributed by atoms with E-state index in [0.29, 0.717) is 17.5 Å². The number of pyridine rings is 1. The van der Waals surface area contributed by atoms with E-state index in [4.69, 9.17) is 0 Å². The molecule has 2 aromatic rings. The van der Waals surface area contributed by atoms with Crippen LogP contribution in [0.3, 0.4) is 0 Å². The molecule has 0 aliphatic carbocycles. The molecule has 2 rings (SSSR count). The van der Waals surface area contributed by atoms with Crippen LogP contribution in [-0.4, -0.2) is 4.98 Å². The second-order valence-electron chi connectivity index (χ2n) is 4.20. The van der Waals surface area contributed by atoms with Crippen molar-refractivity contribution in [3.05, 3.63) is 65.0 Å². The first-order chi connectivity index (χ1) is 8.45. The lowest BCUT2D eigenvalue weighted by atomic mass is 10.0. The summed E-state index contributed by atoms with van der Waals surface area (Å²) in [7, 11) is 0. The van der Waals surface area contributed by atoms with Crippen LogP contribution in [-0.2, 0) is 12.6 Å². The zero-order chi connectivity index (χ0) is 13.2. The van der Waals surface area contributed by atoms with E-state index < -0.39 is 11.7 Å². The van der Waals surface area contributed by atoms with Crippen LogP contribution in [0.1, 0.15) is 22.4 Å². The highest BCUT2D eigenvalue weighted by atomic mass is 19.4. The van der Waals surface area contributed by atoms with Crippen LogP contribution >= 0.6 is 0 Å². The third-order valence-corrected chi connectivity index (χ3v) is 2.58. The van der Waals surface area contributed by atoms with Crippen LogP contribution in [0, 0.1) is 6.92 Å². The molecule has 4 heteroatoms. The first-order valence-corrected chi connectivity index (χ1v) is 5.53. The Balaban J connectivity index is 2.32. The standard InChI is InChI=1S/C14H12F3N/c1-10-6-11(8-12(7-10)14(15,16)17)9-13-4-2-3-5-18-13/h2-8H,9H2,1H3. The van der Waals surface area contributed by atoms with E-state index in [9.17, 15) is 13.2 Å². The Morgan fingerprint density at radius 2 is 1.89 bits per heavy atom. The molecule has 1 nitrogen and oxygen atoms in total. The summed E-state index contributed by atoms with van der Waals surface area (Å²) < 4.78 is 38.0. The van der Waals surface area contributed by atoms with E-state index in [1.54, 1.807) is 31.3 Å². The number of aryl methyl sites for hydroxylation is 1. The van der Waals surface area contributed by atoms with Crippen molar-refractivity contribution in [2.45, 2.75) is 19.5 Å². The predicted octanol–water partition coefficient (Wildman–Crippen LogP) is 4.00. The number of benzene rings is 1. The molecule has 1 aromatic heterocycles. The van der Waals surface area contributed by atoms with Gasteiger partial charge in [0, 0.05) is 18.3 Å². The van der Waals surface area contributed by atoms with Gasteiger partial charge < -0.3 is 0 Å². The zero-order valence-corrected chi connectivity index (χ0v) is 9.83. The maximum absolute atomic E-state index is 12.7. The number of rotatable bonds is 2. The minimum Gasteiger partial charge on any atom is -0.261 e. The van der Waals surface area contributed by atoms with Crippen molar-refractivity contribution >= 4 is 0 Å². The molecule has 18 heavy (non-hydrogen) atoms. The Labute approximate surface area is 103 Å². The van der Waals surface area contributed by atoms with E-state index in [0.717, 1.165) is 11.8 Å². The molecule has 1 heterocycles. The fraction of sp³-hybridized carbons (Fsp3) is 0.214. The molecule has 0 saturated heterocycles. The number of hydrogen-bond donors (Lipinski definition) is 0. The highest BCUT2D eigenvalue weighted by molar-refractivity contribution is 5.33. The second-order valence-corrected chi connectivity index (χ2v) is 4.20. The first-order valence-electron chi connectivity index (χ1n) is 5.53. The molecule has 0 atom stereocenters. The fourth-order valence-electron chi connectivity index (χ4n) is 1.84. The van der Waals surface area contributed by atoms with Crippen LogP contribution in [0.4, 0.5) is 13.2 Å². The number of hydrogen-bond acceptors (Lipinski definition) is 1. The third-order valence-electron chi connectivity index (χ3n) is 2.58. The van der Waals surface area contributed by atoms with Gasteiger partial charge in [-0.1, -0.05) is 17.7 Å². The van der Waals surface area contributed by atoms with E-state index in [1.165, 1.54) is 6.07 Å². The maximum atomic E-state index is 12.7. The van der Waals surface area contributed by atoms with Gasteiger partial charge in [0.1, 0.15) is 0 Å². The van der Waals surface area contributed by atoms with Crippen molar-refractivity contribution in [1.82, 2.24) is 4.98 Å². The second kappa shape index (κ2) is 4.80. The van der Waals surface area contributed by atoms with Gasteiger partial charge in [-0.15, -0.1) is 0 Å². The summed E-state index contributed by atoms with van der Waals surface area (Å²) >= 11 is 0. The van der Waals surface area contributed by atoms with Gasteiger partial charge in [-0.05, 0) is 36.8 Å². The minimum absolute atomic E-state index is 0.408. The van der Waals surface area contributed by atoms with Gasteiger partial charge in [0.25, 0.3) is 0 Å². The van der Waals surface area contributed by atoms with Crippen molar-refractivity contribution < 1.29 is 13.2 Å². The molecule has 1 aromatic carbocycles. The lowest BCUT2D eigenvalue weighted by Crippen LogP contribution is -2.06. The summed E-state index contributed by atoms with van der Waals surface area (Å²) in [4.78, 5) is 4.11. The molecule has 0 unspecified atom stereocenters. The molecule has 0 radical (unpaired) electrons. The van der Waals surface area contributed by atoms with Gasteiger partial charge in [0.15, 0.2) is 0 Å². The lowest BCUT2D eigenvalue weighted by molar-refractivity contribution is -0.137. The van der Waals surface area contributed by atoms with Gasteiger partial charge in [0.05, 0.1) is 5.56 Å². The maximum Gasteiger partial charge on any atom is 0.416 e. The normalized spacial score (nSPS) is 11.6. The molecular formula is C14H12F3N. The van der Waals surface area contributed by atoms with E-state index >= 15 is 0 Å². The van der Waals surface area contributed by atoms with Crippen LogP contribution in [0.5, 0.6) is 0 Å². The van der Waals surface area contributed by atoms with Gasteiger partial charge in [-0.25, -0.2) is 0 Å². The topological polar surface area (TPSA) is 12.9 Å². The Bertz CT molecular complexity index is 532. The smallest absolute Gasteiger partial charge is 0.261 e. The van der Waals surface area contributed by atoms with Crippen molar-refractivity contribution in [3.63, 3.8) is 0 Å². The van der Waals surface area contributed by atoms with Gasteiger partial charge in [-0.2, -0.15) is 13.2 Å². The van der Waals surface area contributed by atoms with Crippen molar-refractivity contribution in [1.29, 1.82) is 0 Å². The quantitative estimate of drug-likeness (QED) is 0.786. The van der Waals surface area contributed by atoms with E-state index in [2.05, 4.69) is 4.98 Å². The Kier molecular flexibility index (Phi) is 3.36. The average molecular weight is 251 g/mol. The predicted molar refractivity (Wildman–Crippen MR) is 63.2 cm³/mol. The van der Waals surface area contributed by atoms with Gasteiger partial charge in [0.2, 0.25) is 0 Å². The Morgan fingerprint density at radius 3 is 2.50 bits per heavy atom. The summed E-state index contributed by atoms with van der Waals surface area (Å²) in [5.41, 5.74) is 1.39. The third kappa shape index (κ3) is 3.09. The molecule has 0 fully saturated rings. The molecule has 94 valence electrons. The molecular weight excluding hydrogens is 239 g/mol. The molecule has 0 bridgehead atoms. The molecule has 0 aliphatic heterocycles. The lowest BCUT2D eigenvalue weighted by Gasteiger charge is -2.10. The monoisotopic (exact) mass is 251 g/mol. The summed E-state index contributed by atoms with van der Waals surface area (Å²) in [6.45, 7) is 1.66. The molecule has 0 N–H and O–H groups in total. The molecule has 0 amide bonds.